The first-order chi connectivity index (χ1) is 16.1. The summed E-state index contributed by atoms with van der Waals surface area (Å²) in [5.41, 5.74) is -0.444. The maximum atomic E-state index is 12.1. The van der Waals surface area contributed by atoms with E-state index in [2.05, 4.69) is 0 Å². The van der Waals surface area contributed by atoms with E-state index in [1.54, 1.807) is 0 Å². The van der Waals surface area contributed by atoms with Crippen LogP contribution in [0.25, 0.3) is 43.1 Å². The maximum Gasteiger partial charge on any atom is 0.336 e. The normalized spacial score (nSPS) is 11.6. The third-order valence-electron chi connectivity index (χ3n) is 5.89. The van der Waals surface area contributed by atoms with Crippen molar-refractivity contribution >= 4 is 114 Å². The van der Waals surface area contributed by atoms with Gasteiger partial charge in [-0.25, -0.2) is 9.59 Å². The summed E-state index contributed by atoms with van der Waals surface area (Å²) in [5.74, 6) is -2.80. The topological polar surface area (TPSA) is 109 Å². The van der Waals surface area contributed by atoms with Gasteiger partial charge in [-0.3, -0.25) is 9.59 Å². The van der Waals surface area contributed by atoms with Gasteiger partial charge >= 0.3 is 11.9 Å². The maximum absolute atomic E-state index is 12.1. The van der Waals surface area contributed by atoms with Crippen molar-refractivity contribution in [3.8, 4) is 0 Å². The zero-order valence-corrected chi connectivity index (χ0v) is 19.5. The molecule has 0 saturated heterocycles. The minimum atomic E-state index is -1.40. The Morgan fingerprint density at radius 1 is 0.529 bits per heavy atom. The number of carbonyl (C=O) groups excluding carboxylic acids is 2. The van der Waals surface area contributed by atoms with E-state index in [4.69, 9.17) is 46.4 Å². The second-order valence-corrected chi connectivity index (χ2v) is 9.18. The molecule has 168 valence electrons. The zero-order valence-electron chi connectivity index (χ0n) is 16.5. The summed E-state index contributed by atoms with van der Waals surface area (Å²) >= 11 is 26.3. The third-order valence-corrected chi connectivity index (χ3v) is 7.09. The van der Waals surface area contributed by atoms with Crippen molar-refractivity contribution in [2.75, 3.05) is 0 Å². The van der Waals surface area contributed by atoms with Crippen LogP contribution in [0.15, 0.2) is 24.3 Å². The van der Waals surface area contributed by atoms with Gasteiger partial charge in [0.25, 0.3) is 0 Å². The monoisotopic (exact) mass is 532 g/mol. The van der Waals surface area contributed by atoms with Crippen LogP contribution in [0.5, 0.6) is 0 Å². The molecule has 0 unspecified atom stereocenters. The highest BCUT2D eigenvalue weighted by molar-refractivity contribution is 6.54. The number of hydrogen-bond acceptors (Lipinski definition) is 4. The Labute approximate surface area is 209 Å². The number of benzene rings is 5. The van der Waals surface area contributed by atoms with Crippen LogP contribution in [-0.2, 0) is 0 Å². The summed E-state index contributed by atoms with van der Waals surface area (Å²) in [6.45, 7) is 0. The molecule has 0 aliphatic carbocycles. The molecule has 2 N–H and O–H groups in total. The molecule has 10 heteroatoms. The molecular weight excluding hydrogens is 526 g/mol. The summed E-state index contributed by atoms with van der Waals surface area (Å²) in [4.78, 5) is 47.9. The molecule has 34 heavy (non-hydrogen) atoms. The number of carboxylic acids is 2. The standard InChI is InChI=1S/C24H8Cl4O6/c25-11-1-7(5-29)15-8(6-30)2-12(26)18-20-14(28)4-10(24(33)34)16-9(23(31)32)3-13(27)19(22(16)20)17(11)21(15)18/h1-6H,(H,31,32)(H,33,34). The highest BCUT2D eigenvalue weighted by Crippen LogP contribution is 2.51. The molecule has 0 aliphatic rings. The van der Waals surface area contributed by atoms with Crippen molar-refractivity contribution in [3.05, 3.63) is 66.6 Å². The lowest BCUT2D eigenvalue weighted by Gasteiger charge is -2.21. The van der Waals surface area contributed by atoms with Gasteiger partial charge in [-0.2, -0.15) is 0 Å². The summed E-state index contributed by atoms with van der Waals surface area (Å²) in [7, 11) is 0. The number of aldehydes is 2. The predicted molar refractivity (Wildman–Crippen MR) is 132 cm³/mol. The number of hydrogen-bond donors (Lipinski definition) is 2. The molecule has 0 aromatic heterocycles. The van der Waals surface area contributed by atoms with Gasteiger partial charge in [0, 0.05) is 74.3 Å². The highest BCUT2D eigenvalue weighted by Gasteiger charge is 2.29. The number of carbonyl (C=O) groups is 4. The number of rotatable bonds is 4. The lowest BCUT2D eigenvalue weighted by Crippen LogP contribution is -2.06. The Morgan fingerprint density at radius 3 is 1.18 bits per heavy atom. The number of fused-ring (bicyclic) bond motifs is 2. The molecule has 0 fully saturated rings. The molecule has 0 aliphatic heterocycles. The van der Waals surface area contributed by atoms with E-state index >= 15 is 0 Å². The molecule has 5 aromatic rings. The Hall–Kier alpha value is -3.16. The van der Waals surface area contributed by atoms with Crippen LogP contribution in [0.1, 0.15) is 41.4 Å². The van der Waals surface area contributed by atoms with Gasteiger partial charge in [-0.05, 0) is 24.3 Å². The van der Waals surface area contributed by atoms with Crippen molar-refractivity contribution < 1.29 is 29.4 Å². The quantitative estimate of drug-likeness (QED) is 0.142. The number of aromatic carboxylic acids is 2. The van der Waals surface area contributed by atoms with Gasteiger partial charge < -0.3 is 10.2 Å². The molecule has 5 rings (SSSR count). The van der Waals surface area contributed by atoms with Crippen LogP contribution < -0.4 is 0 Å². The highest BCUT2D eigenvalue weighted by atomic mass is 35.5. The van der Waals surface area contributed by atoms with Crippen molar-refractivity contribution in [3.63, 3.8) is 0 Å². The first-order valence-corrected chi connectivity index (χ1v) is 11.0. The molecule has 0 atom stereocenters. The van der Waals surface area contributed by atoms with Crippen LogP contribution >= 0.6 is 46.4 Å². The third kappa shape index (κ3) is 2.83. The molecule has 0 bridgehead atoms. The molecule has 0 amide bonds. The Morgan fingerprint density at radius 2 is 0.853 bits per heavy atom. The van der Waals surface area contributed by atoms with Gasteiger partial charge in [0.15, 0.2) is 12.6 Å². The summed E-state index contributed by atoms with van der Waals surface area (Å²) < 4.78 is 0. The van der Waals surface area contributed by atoms with E-state index < -0.39 is 11.9 Å². The Bertz CT molecular complexity index is 1670. The summed E-state index contributed by atoms with van der Waals surface area (Å²) in [5, 5.41) is 21.4. The lowest BCUT2D eigenvalue weighted by molar-refractivity contribution is 0.0695. The molecule has 0 spiro atoms. The molecule has 6 nitrogen and oxygen atoms in total. The smallest absolute Gasteiger partial charge is 0.336 e. The molecule has 0 heterocycles. The van der Waals surface area contributed by atoms with E-state index in [-0.39, 0.29) is 80.0 Å². The molecule has 0 radical (unpaired) electrons. The van der Waals surface area contributed by atoms with Gasteiger partial charge in [0.1, 0.15) is 0 Å². The van der Waals surface area contributed by atoms with Gasteiger partial charge in [-0.1, -0.05) is 46.4 Å². The number of halogens is 4. The average molecular weight is 534 g/mol. The van der Waals surface area contributed by atoms with Crippen LogP contribution in [-0.4, -0.2) is 34.7 Å². The molecular formula is C24H8Cl4O6. The predicted octanol–water partition coefficient (Wildman–Crippen LogP) is 7.37. The lowest BCUT2D eigenvalue weighted by atomic mass is 9.84. The largest absolute Gasteiger partial charge is 0.478 e. The van der Waals surface area contributed by atoms with E-state index in [1.165, 1.54) is 12.1 Å². The second-order valence-electron chi connectivity index (χ2n) is 7.55. The first-order valence-electron chi connectivity index (χ1n) is 9.47. The fourth-order valence-electron chi connectivity index (χ4n) is 4.70. The first kappa shape index (κ1) is 22.6. The SMILES string of the molecule is O=Cc1cc(Cl)c2c3c(Cl)cc(C(=O)O)c4c(C(=O)O)cc(Cl)c(c5c(Cl)cc(C=O)c1c25)c43. The fraction of sp³-hybridized carbons (Fsp3) is 0. The Kier molecular flexibility index (Phi) is 5.11. The van der Waals surface area contributed by atoms with Crippen LogP contribution in [0, 0.1) is 0 Å². The minimum Gasteiger partial charge on any atom is -0.478 e. The Balaban J connectivity index is 2.34. The van der Waals surface area contributed by atoms with E-state index in [1.807, 2.05) is 0 Å². The van der Waals surface area contributed by atoms with Gasteiger partial charge in [0.2, 0.25) is 0 Å². The van der Waals surface area contributed by atoms with Crippen molar-refractivity contribution in [1.29, 1.82) is 0 Å². The molecule has 0 saturated carbocycles. The van der Waals surface area contributed by atoms with Crippen molar-refractivity contribution in [2.45, 2.75) is 0 Å². The summed E-state index contributed by atoms with van der Waals surface area (Å²) in [6, 6.07) is 4.99. The fourth-order valence-corrected chi connectivity index (χ4v) is 5.91. The van der Waals surface area contributed by atoms with Gasteiger partial charge in [-0.15, -0.1) is 0 Å². The van der Waals surface area contributed by atoms with Crippen LogP contribution in [0.3, 0.4) is 0 Å². The van der Waals surface area contributed by atoms with Crippen LogP contribution in [0.2, 0.25) is 20.1 Å². The van der Waals surface area contributed by atoms with Crippen molar-refractivity contribution in [2.24, 2.45) is 0 Å². The zero-order chi connectivity index (χ0) is 24.6. The minimum absolute atomic E-state index is 0.0370. The van der Waals surface area contributed by atoms with E-state index in [9.17, 15) is 29.4 Å². The van der Waals surface area contributed by atoms with Gasteiger partial charge in [0.05, 0.1) is 11.1 Å². The van der Waals surface area contributed by atoms with Crippen LogP contribution in [0.4, 0.5) is 0 Å². The average Bonchev–Trinajstić information content (AvgIpc) is 2.79. The van der Waals surface area contributed by atoms with E-state index in [0.29, 0.717) is 18.0 Å². The second kappa shape index (κ2) is 7.68. The van der Waals surface area contributed by atoms with E-state index in [0.717, 1.165) is 12.1 Å². The number of carboxylic acid groups (broad SMARTS) is 2. The van der Waals surface area contributed by atoms with Crippen molar-refractivity contribution in [1.82, 2.24) is 0 Å². The molecule has 5 aromatic carbocycles. The summed E-state index contributed by atoms with van der Waals surface area (Å²) in [6.07, 6.45) is 1.09.